The molecule has 0 aromatic heterocycles. The fourth-order valence-corrected chi connectivity index (χ4v) is 2.27. The van der Waals surface area contributed by atoms with E-state index in [-0.39, 0.29) is 5.97 Å². The molecular formula is C15H23NO2. The van der Waals surface area contributed by atoms with E-state index in [1.54, 1.807) is 0 Å². The van der Waals surface area contributed by atoms with Gasteiger partial charge in [-0.25, -0.2) is 0 Å². The summed E-state index contributed by atoms with van der Waals surface area (Å²) in [4.78, 5) is 11.4. The van der Waals surface area contributed by atoms with Crippen LogP contribution in [-0.4, -0.2) is 19.1 Å². The van der Waals surface area contributed by atoms with Gasteiger partial charge in [-0.2, -0.15) is 0 Å². The average molecular weight is 249 g/mol. The Morgan fingerprint density at radius 1 is 1.39 bits per heavy atom. The number of methoxy groups -OCH3 is 1. The molecule has 1 rings (SSSR count). The van der Waals surface area contributed by atoms with Gasteiger partial charge in [-0.05, 0) is 43.7 Å². The number of rotatable bonds is 5. The first kappa shape index (κ1) is 14.7. The maximum absolute atomic E-state index is 11.4. The van der Waals surface area contributed by atoms with E-state index in [1.807, 2.05) is 0 Å². The van der Waals surface area contributed by atoms with E-state index in [9.17, 15) is 4.79 Å². The number of carbonyl (C=O) groups is 1. The molecule has 18 heavy (non-hydrogen) atoms. The van der Waals surface area contributed by atoms with Gasteiger partial charge >= 0.3 is 5.97 Å². The van der Waals surface area contributed by atoms with Gasteiger partial charge in [0, 0.05) is 0 Å². The van der Waals surface area contributed by atoms with Crippen molar-refractivity contribution in [3.63, 3.8) is 0 Å². The van der Waals surface area contributed by atoms with Crippen LogP contribution in [0.3, 0.4) is 0 Å². The molecule has 0 aliphatic rings. The first-order chi connectivity index (χ1) is 8.49. The second-order valence-electron chi connectivity index (χ2n) is 4.83. The van der Waals surface area contributed by atoms with Crippen LogP contribution in [0.25, 0.3) is 0 Å². The molecule has 1 aromatic rings. The van der Waals surface area contributed by atoms with Gasteiger partial charge in [0.05, 0.1) is 7.11 Å². The minimum Gasteiger partial charge on any atom is -0.468 e. The number of esters is 1. The van der Waals surface area contributed by atoms with Gasteiger partial charge in [-0.15, -0.1) is 0 Å². The number of ether oxygens (including phenoxy) is 1. The Balaban J connectivity index is 2.89. The lowest BCUT2D eigenvalue weighted by molar-refractivity contribution is -0.142. The summed E-state index contributed by atoms with van der Waals surface area (Å²) in [5.41, 5.74) is 9.63. The van der Waals surface area contributed by atoms with Crippen LogP contribution in [0.5, 0.6) is 0 Å². The minimum atomic E-state index is -0.542. The highest BCUT2D eigenvalue weighted by Crippen LogP contribution is 2.28. The molecule has 3 nitrogen and oxygen atoms in total. The van der Waals surface area contributed by atoms with Crippen LogP contribution < -0.4 is 5.73 Å². The first-order valence-corrected chi connectivity index (χ1v) is 6.40. The zero-order chi connectivity index (χ0) is 13.7. The highest BCUT2D eigenvalue weighted by Gasteiger charge is 2.21. The van der Waals surface area contributed by atoms with Crippen LogP contribution in [0.2, 0.25) is 0 Å². The fraction of sp³-hybridized carbons (Fsp3) is 0.533. The molecule has 0 aliphatic carbocycles. The summed E-state index contributed by atoms with van der Waals surface area (Å²) in [5, 5.41) is 0. The van der Waals surface area contributed by atoms with Crippen LogP contribution in [0, 0.1) is 13.8 Å². The quantitative estimate of drug-likeness (QED) is 0.816. The van der Waals surface area contributed by atoms with E-state index in [0.717, 1.165) is 6.42 Å². The summed E-state index contributed by atoms with van der Waals surface area (Å²) in [6, 6.07) is 5.87. The molecular weight excluding hydrogens is 226 g/mol. The van der Waals surface area contributed by atoms with Gasteiger partial charge in [0.25, 0.3) is 0 Å². The van der Waals surface area contributed by atoms with Crippen molar-refractivity contribution in [2.45, 2.75) is 45.6 Å². The summed E-state index contributed by atoms with van der Waals surface area (Å²) < 4.78 is 4.68. The topological polar surface area (TPSA) is 52.3 Å². The maximum Gasteiger partial charge on any atom is 0.322 e. The number of hydrogen-bond donors (Lipinski definition) is 1. The summed E-state index contributed by atoms with van der Waals surface area (Å²) in [6.45, 7) is 6.30. The van der Waals surface area contributed by atoms with Crippen LogP contribution in [0.15, 0.2) is 18.2 Å². The standard InChI is InChI=1S/C15H23NO2/c1-5-12(9-14(16)15(17)18-4)13-8-10(2)6-7-11(13)3/h6-8,12,14H,5,9,16H2,1-4H3. The van der Waals surface area contributed by atoms with E-state index in [1.165, 1.54) is 23.8 Å². The van der Waals surface area contributed by atoms with Crippen molar-refractivity contribution in [2.75, 3.05) is 7.11 Å². The first-order valence-electron chi connectivity index (χ1n) is 6.40. The average Bonchev–Trinajstić information content (AvgIpc) is 2.37. The lowest BCUT2D eigenvalue weighted by atomic mass is 9.86. The maximum atomic E-state index is 11.4. The predicted molar refractivity (Wildman–Crippen MR) is 73.6 cm³/mol. The zero-order valence-corrected chi connectivity index (χ0v) is 11.7. The molecule has 0 heterocycles. The molecule has 0 radical (unpaired) electrons. The summed E-state index contributed by atoms with van der Waals surface area (Å²) in [7, 11) is 1.38. The van der Waals surface area contributed by atoms with Crippen molar-refractivity contribution in [3.05, 3.63) is 34.9 Å². The molecule has 1 aromatic carbocycles. The van der Waals surface area contributed by atoms with E-state index >= 15 is 0 Å². The Labute approximate surface area is 109 Å². The Hall–Kier alpha value is -1.35. The van der Waals surface area contributed by atoms with Gasteiger partial charge in [0.1, 0.15) is 6.04 Å². The Kier molecular flexibility index (Phi) is 5.35. The lowest BCUT2D eigenvalue weighted by Crippen LogP contribution is -2.33. The SMILES string of the molecule is CCC(CC(N)C(=O)OC)c1cc(C)ccc1C. The van der Waals surface area contributed by atoms with Gasteiger partial charge < -0.3 is 10.5 Å². The van der Waals surface area contributed by atoms with Crippen molar-refractivity contribution in [3.8, 4) is 0 Å². The number of carbonyl (C=O) groups excluding carboxylic acids is 1. The lowest BCUT2D eigenvalue weighted by Gasteiger charge is -2.21. The van der Waals surface area contributed by atoms with Crippen molar-refractivity contribution in [2.24, 2.45) is 5.73 Å². The molecule has 0 saturated heterocycles. The third-order valence-corrected chi connectivity index (χ3v) is 3.41. The minimum absolute atomic E-state index is 0.305. The number of benzene rings is 1. The Morgan fingerprint density at radius 3 is 2.61 bits per heavy atom. The van der Waals surface area contributed by atoms with Crippen molar-refractivity contribution in [1.82, 2.24) is 0 Å². The van der Waals surface area contributed by atoms with Crippen LogP contribution in [0.1, 0.15) is 42.4 Å². The number of nitrogens with two attached hydrogens (primary N) is 1. The Bertz CT molecular complexity index is 415. The van der Waals surface area contributed by atoms with Gasteiger partial charge in [0.2, 0.25) is 0 Å². The molecule has 2 unspecified atom stereocenters. The van der Waals surface area contributed by atoms with Crippen LogP contribution in [0.4, 0.5) is 0 Å². The molecule has 2 N–H and O–H groups in total. The molecule has 0 bridgehead atoms. The largest absolute Gasteiger partial charge is 0.468 e. The summed E-state index contributed by atoms with van der Waals surface area (Å²) in [6.07, 6.45) is 1.60. The van der Waals surface area contributed by atoms with E-state index in [4.69, 9.17) is 5.73 Å². The zero-order valence-electron chi connectivity index (χ0n) is 11.7. The van der Waals surface area contributed by atoms with Gasteiger partial charge in [-0.3, -0.25) is 4.79 Å². The second kappa shape index (κ2) is 6.55. The van der Waals surface area contributed by atoms with Gasteiger partial charge in [-0.1, -0.05) is 30.7 Å². The fourth-order valence-electron chi connectivity index (χ4n) is 2.27. The molecule has 0 spiro atoms. The predicted octanol–water partition coefficient (Wildman–Crippen LogP) is 2.69. The molecule has 3 heteroatoms. The van der Waals surface area contributed by atoms with Crippen molar-refractivity contribution >= 4 is 5.97 Å². The van der Waals surface area contributed by atoms with Crippen molar-refractivity contribution < 1.29 is 9.53 Å². The Morgan fingerprint density at radius 2 is 2.06 bits per heavy atom. The molecule has 2 atom stereocenters. The van der Waals surface area contributed by atoms with E-state index in [0.29, 0.717) is 12.3 Å². The van der Waals surface area contributed by atoms with Crippen molar-refractivity contribution in [1.29, 1.82) is 0 Å². The second-order valence-corrected chi connectivity index (χ2v) is 4.83. The highest BCUT2D eigenvalue weighted by molar-refractivity contribution is 5.75. The van der Waals surface area contributed by atoms with E-state index in [2.05, 4.69) is 43.7 Å². The number of hydrogen-bond acceptors (Lipinski definition) is 3. The molecule has 100 valence electrons. The van der Waals surface area contributed by atoms with E-state index < -0.39 is 6.04 Å². The number of aryl methyl sites for hydroxylation is 2. The molecule has 0 saturated carbocycles. The smallest absolute Gasteiger partial charge is 0.322 e. The molecule has 0 amide bonds. The van der Waals surface area contributed by atoms with Gasteiger partial charge in [0.15, 0.2) is 0 Å². The molecule has 0 aliphatic heterocycles. The monoisotopic (exact) mass is 249 g/mol. The van der Waals surface area contributed by atoms with Crippen LogP contribution in [-0.2, 0) is 9.53 Å². The third kappa shape index (κ3) is 3.57. The van der Waals surface area contributed by atoms with Crippen LogP contribution >= 0.6 is 0 Å². The summed E-state index contributed by atoms with van der Waals surface area (Å²) >= 11 is 0. The third-order valence-electron chi connectivity index (χ3n) is 3.41. The summed E-state index contributed by atoms with van der Waals surface area (Å²) in [5.74, 6) is -0.0299. The molecule has 0 fully saturated rings. The normalized spacial score (nSPS) is 14.1. The highest BCUT2D eigenvalue weighted by atomic mass is 16.5.